The molecule has 1 aromatic rings. The van der Waals surface area contributed by atoms with Crippen LogP contribution in [0.5, 0.6) is 0 Å². The van der Waals surface area contributed by atoms with Crippen LogP contribution in [0.1, 0.15) is 13.8 Å². The zero-order valence-corrected chi connectivity index (χ0v) is 10.3. The molecule has 0 aliphatic carbocycles. The Bertz CT molecular complexity index is 361. The van der Waals surface area contributed by atoms with E-state index >= 15 is 0 Å². The highest BCUT2D eigenvalue weighted by Gasteiger charge is 2.11. The van der Waals surface area contributed by atoms with Gasteiger partial charge in [0.25, 0.3) is 0 Å². The summed E-state index contributed by atoms with van der Waals surface area (Å²) in [5.41, 5.74) is 2.28. The van der Waals surface area contributed by atoms with E-state index in [1.807, 2.05) is 13.8 Å². The lowest BCUT2D eigenvalue weighted by molar-refractivity contribution is 0.0845. The number of nitrogens with one attached hydrogen (secondary N) is 1. The van der Waals surface area contributed by atoms with E-state index in [4.69, 9.17) is 10.6 Å². The third kappa shape index (κ3) is 4.12. The Kier molecular flexibility index (Phi) is 5.05. The zero-order chi connectivity index (χ0) is 12.8. The third-order valence-corrected chi connectivity index (χ3v) is 2.09. The molecule has 17 heavy (non-hydrogen) atoms. The highest BCUT2D eigenvalue weighted by Crippen LogP contribution is 2.15. The van der Waals surface area contributed by atoms with E-state index in [-0.39, 0.29) is 17.9 Å². The molecule has 3 N–H and O–H groups in total. The maximum absolute atomic E-state index is 13.5. The molecule has 0 amide bonds. The number of nitrogens with two attached hydrogens (primary N) is 1. The fraction of sp³-hybridized carbons (Fsp3) is 0.600. The molecule has 7 heteroatoms. The van der Waals surface area contributed by atoms with Crippen LogP contribution < -0.4 is 16.2 Å². The number of nitrogen functional groups attached to an aromatic ring is 1. The van der Waals surface area contributed by atoms with Gasteiger partial charge in [-0.3, -0.25) is 5.43 Å². The van der Waals surface area contributed by atoms with Gasteiger partial charge in [-0.2, -0.15) is 4.98 Å². The molecule has 0 aliphatic rings. The van der Waals surface area contributed by atoms with E-state index in [1.54, 1.807) is 11.9 Å². The molecule has 0 radical (unpaired) electrons. The molecule has 0 saturated heterocycles. The molecule has 0 fully saturated rings. The lowest BCUT2D eigenvalue weighted by atomic mass is 10.4. The predicted molar refractivity (Wildman–Crippen MR) is 64.2 cm³/mol. The van der Waals surface area contributed by atoms with E-state index in [0.29, 0.717) is 13.2 Å². The predicted octanol–water partition coefficient (Wildman–Crippen LogP) is 0.763. The Balaban J connectivity index is 2.64. The number of aromatic nitrogens is 2. The molecule has 0 aliphatic heterocycles. The summed E-state index contributed by atoms with van der Waals surface area (Å²) in [6, 6.07) is 0. The summed E-state index contributed by atoms with van der Waals surface area (Å²) in [5.74, 6) is 5.05. The van der Waals surface area contributed by atoms with Gasteiger partial charge < -0.3 is 9.64 Å². The zero-order valence-electron chi connectivity index (χ0n) is 10.3. The Morgan fingerprint density at radius 2 is 2.29 bits per heavy atom. The van der Waals surface area contributed by atoms with Crippen molar-refractivity contribution in [3.63, 3.8) is 0 Å². The van der Waals surface area contributed by atoms with E-state index in [0.717, 1.165) is 6.20 Å². The normalized spacial score (nSPS) is 10.7. The van der Waals surface area contributed by atoms with Gasteiger partial charge in [0.15, 0.2) is 11.6 Å². The molecule has 1 heterocycles. The van der Waals surface area contributed by atoms with Crippen LogP contribution >= 0.6 is 0 Å². The lowest BCUT2D eigenvalue weighted by Crippen LogP contribution is -2.26. The van der Waals surface area contributed by atoms with Gasteiger partial charge in [0.2, 0.25) is 5.95 Å². The molecule has 0 aromatic carbocycles. The second kappa shape index (κ2) is 6.31. The first-order valence-corrected chi connectivity index (χ1v) is 5.36. The molecule has 0 spiro atoms. The molecule has 0 unspecified atom stereocenters. The molecule has 1 rings (SSSR count). The Hall–Kier alpha value is -1.47. The average Bonchev–Trinajstić information content (AvgIpc) is 2.29. The van der Waals surface area contributed by atoms with Crippen LogP contribution in [0.4, 0.5) is 16.2 Å². The van der Waals surface area contributed by atoms with Crippen LogP contribution in [-0.2, 0) is 4.74 Å². The highest BCUT2D eigenvalue weighted by molar-refractivity contribution is 5.42. The summed E-state index contributed by atoms with van der Waals surface area (Å²) in [5, 5.41) is 0. The average molecular weight is 243 g/mol. The van der Waals surface area contributed by atoms with Gasteiger partial charge in [-0.05, 0) is 13.8 Å². The number of anilines is 2. The minimum Gasteiger partial charge on any atom is -0.377 e. The summed E-state index contributed by atoms with van der Waals surface area (Å²) in [4.78, 5) is 9.26. The third-order valence-electron chi connectivity index (χ3n) is 2.09. The van der Waals surface area contributed by atoms with Crippen LogP contribution in [0, 0.1) is 5.82 Å². The van der Waals surface area contributed by atoms with Crippen molar-refractivity contribution in [2.24, 2.45) is 5.84 Å². The van der Waals surface area contributed by atoms with Gasteiger partial charge in [0.05, 0.1) is 18.9 Å². The Morgan fingerprint density at radius 1 is 1.59 bits per heavy atom. The van der Waals surface area contributed by atoms with Crippen LogP contribution in [0.25, 0.3) is 0 Å². The number of likely N-dealkylation sites (N-methyl/N-ethyl adjacent to an activating group) is 1. The van der Waals surface area contributed by atoms with Crippen molar-refractivity contribution in [1.82, 2.24) is 9.97 Å². The van der Waals surface area contributed by atoms with E-state index in [2.05, 4.69) is 15.4 Å². The molecule has 96 valence electrons. The van der Waals surface area contributed by atoms with E-state index < -0.39 is 5.82 Å². The van der Waals surface area contributed by atoms with Crippen molar-refractivity contribution in [1.29, 1.82) is 0 Å². The first kappa shape index (κ1) is 13.6. The van der Waals surface area contributed by atoms with Crippen molar-refractivity contribution in [3.05, 3.63) is 12.0 Å². The molecule has 0 atom stereocenters. The van der Waals surface area contributed by atoms with Gasteiger partial charge in [0.1, 0.15) is 0 Å². The molecule has 0 saturated carbocycles. The van der Waals surface area contributed by atoms with Crippen molar-refractivity contribution < 1.29 is 9.13 Å². The molecule has 0 bridgehead atoms. The quantitative estimate of drug-likeness (QED) is 0.567. The van der Waals surface area contributed by atoms with Crippen molar-refractivity contribution in [3.8, 4) is 0 Å². The first-order chi connectivity index (χ1) is 8.04. The van der Waals surface area contributed by atoms with Gasteiger partial charge in [0, 0.05) is 13.6 Å². The first-order valence-electron chi connectivity index (χ1n) is 5.36. The Morgan fingerprint density at radius 3 is 2.88 bits per heavy atom. The second-order valence-corrected chi connectivity index (χ2v) is 3.85. The number of ether oxygens (including phenoxy) is 1. The smallest absolute Gasteiger partial charge is 0.239 e. The maximum atomic E-state index is 13.5. The van der Waals surface area contributed by atoms with Crippen molar-refractivity contribution in [2.45, 2.75) is 20.0 Å². The topological polar surface area (TPSA) is 76.3 Å². The second-order valence-electron chi connectivity index (χ2n) is 3.85. The number of hydrogen-bond acceptors (Lipinski definition) is 6. The minimum atomic E-state index is -0.490. The van der Waals surface area contributed by atoms with E-state index in [1.165, 1.54) is 0 Å². The van der Waals surface area contributed by atoms with Gasteiger partial charge in [-0.15, -0.1) is 0 Å². The molecule has 1 aromatic heterocycles. The maximum Gasteiger partial charge on any atom is 0.239 e. The molecule has 6 nitrogen and oxygen atoms in total. The SMILES string of the molecule is CC(C)OCCN(C)c1nc(NN)ncc1F. The van der Waals surface area contributed by atoms with Gasteiger partial charge >= 0.3 is 0 Å². The summed E-state index contributed by atoms with van der Waals surface area (Å²) < 4.78 is 18.8. The summed E-state index contributed by atoms with van der Waals surface area (Å²) in [6.45, 7) is 4.93. The number of halogens is 1. The van der Waals surface area contributed by atoms with Crippen LogP contribution in [0.2, 0.25) is 0 Å². The summed E-state index contributed by atoms with van der Waals surface area (Å²) in [6.07, 6.45) is 1.23. The lowest BCUT2D eigenvalue weighted by Gasteiger charge is -2.19. The molecular weight excluding hydrogens is 225 g/mol. The van der Waals surface area contributed by atoms with Gasteiger partial charge in [-0.25, -0.2) is 15.2 Å². The molecular formula is C10H18FN5O. The van der Waals surface area contributed by atoms with Crippen molar-refractivity contribution >= 4 is 11.8 Å². The number of nitrogens with zero attached hydrogens (tertiary/aromatic N) is 3. The van der Waals surface area contributed by atoms with Crippen molar-refractivity contribution in [2.75, 3.05) is 30.5 Å². The Labute approximate surface area is 100.0 Å². The fourth-order valence-electron chi connectivity index (χ4n) is 1.23. The van der Waals surface area contributed by atoms with Crippen LogP contribution in [-0.4, -0.2) is 36.3 Å². The highest BCUT2D eigenvalue weighted by atomic mass is 19.1. The standard InChI is InChI=1S/C10H18FN5O/c1-7(2)17-5-4-16(3)9-8(11)6-13-10(14-9)15-12/h6-7H,4-5,12H2,1-3H3,(H,13,14,15). The van der Waals surface area contributed by atoms with Crippen LogP contribution in [0.3, 0.4) is 0 Å². The minimum absolute atomic E-state index is 0.153. The monoisotopic (exact) mass is 243 g/mol. The number of rotatable bonds is 6. The number of hydrazine groups is 1. The van der Waals surface area contributed by atoms with E-state index in [9.17, 15) is 4.39 Å². The summed E-state index contributed by atoms with van der Waals surface area (Å²) in [7, 11) is 1.73. The van der Waals surface area contributed by atoms with Crippen LogP contribution in [0.15, 0.2) is 6.20 Å². The largest absolute Gasteiger partial charge is 0.377 e. The summed E-state index contributed by atoms with van der Waals surface area (Å²) >= 11 is 0. The fourth-order valence-corrected chi connectivity index (χ4v) is 1.23. The number of hydrogen-bond donors (Lipinski definition) is 2. The van der Waals surface area contributed by atoms with Gasteiger partial charge in [-0.1, -0.05) is 0 Å².